The van der Waals surface area contributed by atoms with Crippen molar-refractivity contribution in [2.45, 2.75) is 53.4 Å². The second-order valence-corrected chi connectivity index (χ2v) is 5.51. The highest BCUT2D eigenvalue weighted by Crippen LogP contribution is 2.47. The maximum Gasteiger partial charge on any atom is -0.0121 e. The molecule has 0 aromatic rings. The first-order chi connectivity index (χ1) is 5.36. The van der Waals surface area contributed by atoms with Gasteiger partial charge in [-0.15, -0.1) is 0 Å². The minimum Gasteiger partial charge on any atom is -0.0996 e. The lowest BCUT2D eigenvalue weighted by Crippen LogP contribution is -2.29. The molecule has 0 atom stereocenters. The summed E-state index contributed by atoms with van der Waals surface area (Å²) in [5, 5.41) is 0. The van der Waals surface area contributed by atoms with Crippen molar-refractivity contribution in [1.29, 1.82) is 0 Å². The largest absolute Gasteiger partial charge is 0.0996 e. The molecule has 0 spiro atoms. The fourth-order valence-electron chi connectivity index (χ4n) is 1.91. The van der Waals surface area contributed by atoms with E-state index >= 15 is 0 Å². The Morgan fingerprint density at radius 2 is 1.42 bits per heavy atom. The van der Waals surface area contributed by atoms with Crippen molar-refractivity contribution in [3.05, 3.63) is 12.2 Å². The lowest BCUT2D eigenvalue weighted by Gasteiger charge is -2.42. The van der Waals surface area contributed by atoms with E-state index in [-0.39, 0.29) is 0 Å². The summed E-state index contributed by atoms with van der Waals surface area (Å²) in [6.07, 6.45) is 5.37. The van der Waals surface area contributed by atoms with Crippen LogP contribution in [-0.4, -0.2) is 0 Å². The van der Waals surface area contributed by atoms with E-state index in [0.29, 0.717) is 10.8 Å². The van der Waals surface area contributed by atoms with Crippen LogP contribution in [0.5, 0.6) is 0 Å². The predicted octanol–water partition coefficient (Wildman–Crippen LogP) is 4.17. The van der Waals surface area contributed by atoms with Gasteiger partial charge in [-0.25, -0.2) is 0 Å². The molecule has 1 aliphatic carbocycles. The predicted molar refractivity (Wildman–Crippen MR) is 55.2 cm³/mol. The highest BCUT2D eigenvalue weighted by molar-refractivity contribution is 5.07. The summed E-state index contributed by atoms with van der Waals surface area (Å²) in [6.45, 7) is 13.4. The molecular weight excluding hydrogens is 144 g/mol. The van der Waals surface area contributed by atoms with Gasteiger partial charge in [0, 0.05) is 0 Å². The monoisotopic (exact) mass is 166 g/mol. The van der Waals surface area contributed by atoms with Gasteiger partial charge in [0.05, 0.1) is 0 Å². The first-order valence-corrected chi connectivity index (χ1v) is 5.02. The van der Waals surface area contributed by atoms with Crippen LogP contribution >= 0.6 is 0 Å². The zero-order valence-corrected chi connectivity index (χ0v) is 9.04. The number of rotatable bonds is 1. The zero-order chi connectivity index (χ0) is 9.41. The number of hydrogen-bond donors (Lipinski definition) is 0. The molecule has 0 heteroatoms. The summed E-state index contributed by atoms with van der Waals surface area (Å²) in [5.74, 6) is 0. The third kappa shape index (κ3) is 1.91. The van der Waals surface area contributed by atoms with E-state index in [9.17, 15) is 0 Å². The van der Waals surface area contributed by atoms with E-state index in [0.717, 1.165) is 0 Å². The van der Waals surface area contributed by atoms with Crippen molar-refractivity contribution in [1.82, 2.24) is 0 Å². The zero-order valence-electron chi connectivity index (χ0n) is 9.04. The van der Waals surface area contributed by atoms with E-state index in [1.54, 1.807) is 0 Å². The van der Waals surface area contributed by atoms with Gasteiger partial charge in [0.25, 0.3) is 0 Å². The van der Waals surface area contributed by atoms with Crippen molar-refractivity contribution in [3.63, 3.8) is 0 Å². The Bertz CT molecular complexity index is 176. The SMILES string of the molecule is C=C(C)C1(C)CCC(C)(C)CC1. The molecule has 0 aromatic heterocycles. The second kappa shape index (κ2) is 2.90. The Labute approximate surface area is 77.1 Å². The van der Waals surface area contributed by atoms with Crippen LogP contribution < -0.4 is 0 Å². The lowest BCUT2D eigenvalue weighted by molar-refractivity contribution is 0.146. The average Bonchev–Trinajstić information content (AvgIpc) is 1.96. The van der Waals surface area contributed by atoms with E-state index in [1.807, 2.05) is 0 Å². The van der Waals surface area contributed by atoms with E-state index < -0.39 is 0 Å². The van der Waals surface area contributed by atoms with Crippen LogP contribution in [0, 0.1) is 10.8 Å². The quantitative estimate of drug-likeness (QED) is 0.513. The second-order valence-electron chi connectivity index (χ2n) is 5.51. The highest BCUT2D eigenvalue weighted by Gasteiger charge is 2.34. The van der Waals surface area contributed by atoms with Gasteiger partial charge >= 0.3 is 0 Å². The van der Waals surface area contributed by atoms with Gasteiger partial charge in [-0.2, -0.15) is 0 Å². The highest BCUT2D eigenvalue weighted by atomic mass is 14.4. The first-order valence-electron chi connectivity index (χ1n) is 5.02. The Hall–Kier alpha value is -0.260. The summed E-state index contributed by atoms with van der Waals surface area (Å²) in [4.78, 5) is 0. The Morgan fingerprint density at radius 3 is 1.75 bits per heavy atom. The lowest BCUT2D eigenvalue weighted by atomic mass is 9.64. The van der Waals surface area contributed by atoms with Gasteiger partial charge < -0.3 is 0 Å². The molecule has 0 N–H and O–H groups in total. The molecule has 1 rings (SSSR count). The topological polar surface area (TPSA) is 0 Å². The molecule has 0 radical (unpaired) electrons. The van der Waals surface area contributed by atoms with Gasteiger partial charge in [0.1, 0.15) is 0 Å². The van der Waals surface area contributed by atoms with Gasteiger partial charge in [0.2, 0.25) is 0 Å². The standard InChI is InChI=1S/C12H22/c1-10(2)12(5)8-6-11(3,4)7-9-12/h1,6-9H2,2-5H3. The van der Waals surface area contributed by atoms with Crippen LogP contribution in [-0.2, 0) is 0 Å². The normalized spacial score (nSPS) is 26.7. The van der Waals surface area contributed by atoms with Crippen molar-refractivity contribution >= 4 is 0 Å². The molecule has 1 aliphatic rings. The molecule has 0 aliphatic heterocycles. The molecule has 0 nitrogen and oxygen atoms in total. The van der Waals surface area contributed by atoms with Crippen molar-refractivity contribution in [3.8, 4) is 0 Å². The third-order valence-electron chi connectivity index (χ3n) is 3.74. The summed E-state index contributed by atoms with van der Waals surface area (Å²) in [5.41, 5.74) is 2.39. The molecule has 0 saturated heterocycles. The fraction of sp³-hybridized carbons (Fsp3) is 0.833. The minimum atomic E-state index is 0.440. The summed E-state index contributed by atoms with van der Waals surface area (Å²) in [6, 6.07) is 0. The van der Waals surface area contributed by atoms with E-state index in [1.165, 1.54) is 31.3 Å². The van der Waals surface area contributed by atoms with E-state index in [4.69, 9.17) is 0 Å². The van der Waals surface area contributed by atoms with Crippen LogP contribution in [0.4, 0.5) is 0 Å². The van der Waals surface area contributed by atoms with E-state index in [2.05, 4.69) is 34.3 Å². The Kier molecular flexibility index (Phi) is 2.38. The molecule has 0 unspecified atom stereocenters. The molecule has 1 saturated carbocycles. The smallest absolute Gasteiger partial charge is 0.0121 e. The van der Waals surface area contributed by atoms with Crippen molar-refractivity contribution < 1.29 is 0 Å². The Morgan fingerprint density at radius 1 is 1.00 bits per heavy atom. The van der Waals surface area contributed by atoms with Crippen LogP contribution in [0.15, 0.2) is 12.2 Å². The van der Waals surface area contributed by atoms with Crippen molar-refractivity contribution in [2.24, 2.45) is 10.8 Å². The Balaban J connectivity index is 2.62. The van der Waals surface area contributed by atoms with Crippen LogP contribution in [0.25, 0.3) is 0 Å². The summed E-state index contributed by atoms with van der Waals surface area (Å²) in [7, 11) is 0. The minimum absolute atomic E-state index is 0.440. The molecular formula is C12H22. The van der Waals surface area contributed by atoms with Crippen molar-refractivity contribution in [2.75, 3.05) is 0 Å². The maximum absolute atomic E-state index is 4.10. The molecule has 0 heterocycles. The molecule has 12 heavy (non-hydrogen) atoms. The summed E-state index contributed by atoms with van der Waals surface area (Å²) < 4.78 is 0. The first kappa shape index (κ1) is 9.83. The third-order valence-corrected chi connectivity index (χ3v) is 3.74. The van der Waals surface area contributed by atoms with Crippen LogP contribution in [0.3, 0.4) is 0 Å². The van der Waals surface area contributed by atoms with Gasteiger partial charge in [-0.05, 0) is 43.4 Å². The summed E-state index contributed by atoms with van der Waals surface area (Å²) >= 11 is 0. The molecule has 0 amide bonds. The van der Waals surface area contributed by atoms with Crippen LogP contribution in [0.1, 0.15) is 53.4 Å². The molecule has 0 aromatic carbocycles. The molecule has 1 fully saturated rings. The molecule has 70 valence electrons. The van der Waals surface area contributed by atoms with Gasteiger partial charge in [-0.3, -0.25) is 0 Å². The van der Waals surface area contributed by atoms with Crippen LogP contribution in [0.2, 0.25) is 0 Å². The van der Waals surface area contributed by atoms with Gasteiger partial charge in [0.15, 0.2) is 0 Å². The van der Waals surface area contributed by atoms with Gasteiger partial charge in [-0.1, -0.05) is 32.9 Å². The number of hydrogen-bond acceptors (Lipinski definition) is 0. The molecule has 0 bridgehead atoms. The maximum atomic E-state index is 4.10. The average molecular weight is 166 g/mol. The number of allylic oxidation sites excluding steroid dienone is 1. The fourth-order valence-corrected chi connectivity index (χ4v) is 1.91.